The Morgan fingerprint density at radius 1 is 1.37 bits per heavy atom. The number of halogens is 1. The van der Waals surface area contributed by atoms with Gasteiger partial charge in [0.25, 0.3) is 0 Å². The van der Waals surface area contributed by atoms with E-state index in [2.05, 4.69) is 4.98 Å². The van der Waals surface area contributed by atoms with Gasteiger partial charge in [0.1, 0.15) is 24.7 Å². The average molecular weight is 280 g/mol. The van der Waals surface area contributed by atoms with Crippen molar-refractivity contribution >= 4 is 17.4 Å². The highest BCUT2D eigenvalue weighted by Gasteiger charge is 2.19. The Hall–Kier alpha value is -1.88. The molecule has 0 unspecified atom stereocenters. The van der Waals surface area contributed by atoms with E-state index >= 15 is 0 Å². The molecular formula is C13H14ClN3O2. The van der Waals surface area contributed by atoms with Crippen molar-refractivity contribution in [3.05, 3.63) is 23.5 Å². The molecule has 1 aliphatic rings. The van der Waals surface area contributed by atoms with Gasteiger partial charge in [0.05, 0.1) is 11.3 Å². The Morgan fingerprint density at radius 2 is 2.16 bits per heavy atom. The molecule has 1 aromatic heterocycles. The zero-order chi connectivity index (χ0) is 13.4. The molecule has 5 nitrogen and oxygen atoms in total. The lowest BCUT2D eigenvalue weighted by Crippen LogP contribution is -2.15. The summed E-state index contributed by atoms with van der Waals surface area (Å²) in [6, 6.07) is 3.66. The number of fused-ring (bicyclic) bond motifs is 1. The summed E-state index contributed by atoms with van der Waals surface area (Å²) in [5.74, 6) is 1.85. The normalized spacial score (nSPS) is 13.6. The summed E-state index contributed by atoms with van der Waals surface area (Å²) in [6.07, 6.45) is 1.72. The molecule has 2 heterocycles. The Balaban J connectivity index is 2.10. The molecule has 0 amide bonds. The molecule has 19 heavy (non-hydrogen) atoms. The number of hydrogen-bond acceptors (Lipinski definition) is 4. The lowest BCUT2D eigenvalue weighted by atomic mass is 10.1. The zero-order valence-electron chi connectivity index (χ0n) is 10.5. The van der Waals surface area contributed by atoms with Crippen LogP contribution in [-0.2, 0) is 6.54 Å². The molecule has 0 bridgehead atoms. The second kappa shape index (κ2) is 4.66. The van der Waals surface area contributed by atoms with Gasteiger partial charge in [0, 0.05) is 12.1 Å². The van der Waals surface area contributed by atoms with Gasteiger partial charge in [-0.3, -0.25) is 0 Å². The van der Waals surface area contributed by atoms with E-state index in [0.717, 1.165) is 12.1 Å². The molecule has 0 saturated heterocycles. The lowest BCUT2D eigenvalue weighted by Gasteiger charge is -2.20. The largest absolute Gasteiger partial charge is 0.486 e. The highest BCUT2D eigenvalue weighted by molar-refractivity contribution is 6.32. The van der Waals surface area contributed by atoms with Crippen molar-refractivity contribution in [1.82, 2.24) is 9.55 Å². The van der Waals surface area contributed by atoms with Gasteiger partial charge < -0.3 is 19.8 Å². The first-order valence-corrected chi connectivity index (χ1v) is 6.48. The molecule has 100 valence electrons. The Kier molecular flexibility index (Phi) is 2.98. The zero-order valence-corrected chi connectivity index (χ0v) is 11.3. The number of hydrogen-bond donors (Lipinski definition) is 1. The molecule has 1 aliphatic heterocycles. The van der Waals surface area contributed by atoms with E-state index in [1.165, 1.54) is 0 Å². The number of anilines is 1. The van der Waals surface area contributed by atoms with E-state index in [1.54, 1.807) is 12.4 Å². The number of aromatic nitrogens is 2. The predicted octanol–water partition coefficient (Wildman–Crippen LogP) is 2.58. The van der Waals surface area contributed by atoms with Gasteiger partial charge in [-0.1, -0.05) is 11.6 Å². The van der Waals surface area contributed by atoms with Crippen molar-refractivity contribution in [2.75, 3.05) is 18.9 Å². The first-order valence-electron chi connectivity index (χ1n) is 6.10. The van der Waals surface area contributed by atoms with Crippen LogP contribution < -0.4 is 15.2 Å². The van der Waals surface area contributed by atoms with Gasteiger partial charge in [0.2, 0.25) is 0 Å². The maximum atomic E-state index is 6.21. The van der Waals surface area contributed by atoms with Crippen molar-refractivity contribution < 1.29 is 9.47 Å². The fraction of sp³-hybridized carbons (Fsp3) is 0.308. The maximum absolute atomic E-state index is 6.21. The number of rotatable bonds is 2. The molecule has 3 rings (SSSR count). The van der Waals surface area contributed by atoms with E-state index in [0.29, 0.717) is 41.2 Å². The number of nitrogens with zero attached hydrogens (tertiary/aromatic N) is 2. The third-order valence-corrected chi connectivity index (χ3v) is 3.37. The van der Waals surface area contributed by atoms with Crippen LogP contribution in [0.4, 0.5) is 5.82 Å². The van der Waals surface area contributed by atoms with E-state index in [-0.39, 0.29) is 0 Å². The number of nitrogens with two attached hydrogens (primary N) is 1. The minimum atomic E-state index is 0.512. The Morgan fingerprint density at radius 3 is 2.89 bits per heavy atom. The first kappa shape index (κ1) is 12.2. The predicted molar refractivity (Wildman–Crippen MR) is 73.7 cm³/mol. The quantitative estimate of drug-likeness (QED) is 0.918. The van der Waals surface area contributed by atoms with Crippen LogP contribution in [0.25, 0.3) is 11.3 Å². The van der Waals surface area contributed by atoms with Crippen LogP contribution in [0.3, 0.4) is 0 Å². The molecule has 0 saturated carbocycles. The first-order chi connectivity index (χ1) is 9.20. The van der Waals surface area contributed by atoms with Gasteiger partial charge in [-0.2, -0.15) is 0 Å². The van der Waals surface area contributed by atoms with Crippen molar-refractivity contribution in [3.63, 3.8) is 0 Å². The number of aryl methyl sites for hydroxylation is 1. The summed E-state index contributed by atoms with van der Waals surface area (Å²) in [7, 11) is 0. The van der Waals surface area contributed by atoms with Crippen LogP contribution in [-0.4, -0.2) is 22.8 Å². The standard InChI is InChI=1S/C13H14ClN3O2/c1-2-17-7-16-11(13(17)15)8-5-9(14)12-10(6-8)18-3-4-19-12/h5-7H,2-4,15H2,1H3. The summed E-state index contributed by atoms with van der Waals surface area (Å²) in [5.41, 5.74) is 7.60. The van der Waals surface area contributed by atoms with Gasteiger partial charge >= 0.3 is 0 Å². The second-order valence-electron chi connectivity index (χ2n) is 4.25. The van der Waals surface area contributed by atoms with E-state index < -0.39 is 0 Å². The molecule has 2 N–H and O–H groups in total. The van der Waals surface area contributed by atoms with Gasteiger partial charge in [0.15, 0.2) is 11.5 Å². The third-order valence-electron chi connectivity index (χ3n) is 3.09. The van der Waals surface area contributed by atoms with Gasteiger partial charge in [-0.05, 0) is 19.1 Å². The minimum Gasteiger partial charge on any atom is -0.486 e. The van der Waals surface area contributed by atoms with Crippen LogP contribution in [0.15, 0.2) is 18.5 Å². The maximum Gasteiger partial charge on any atom is 0.179 e. The smallest absolute Gasteiger partial charge is 0.179 e. The number of ether oxygens (including phenoxy) is 2. The minimum absolute atomic E-state index is 0.512. The van der Waals surface area contributed by atoms with Crippen LogP contribution in [0.5, 0.6) is 11.5 Å². The fourth-order valence-corrected chi connectivity index (χ4v) is 2.38. The van der Waals surface area contributed by atoms with Crippen LogP contribution in [0.2, 0.25) is 5.02 Å². The van der Waals surface area contributed by atoms with Crippen LogP contribution in [0.1, 0.15) is 6.92 Å². The van der Waals surface area contributed by atoms with Gasteiger partial charge in [-0.25, -0.2) is 4.98 Å². The fourth-order valence-electron chi connectivity index (χ4n) is 2.11. The van der Waals surface area contributed by atoms with E-state index in [4.69, 9.17) is 26.8 Å². The number of nitrogen functional groups attached to an aromatic ring is 1. The van der Waals surface area contributed by atoms with Crippen molar-refractivity contribution in [2.45, 2.75) is 13.5 Å². The molecule has 1 aromatic carbocycles. The van der Waals surface area contributed by atoms with E-state index in [9.17, 15) is 0 Å². The molecular weight excluding hydrogens is 266 g/mol. The second-order valence-corrected chi connectivity index (χ2v) is 4.65. The van der Waals surface area contributed by atoms with Crippen LogP contribution in [0, 0.1) is 0 Å². The number of benzene rings is 1. The monoisotopic (exact) mass is 279 g/mol. The third kappa shape index (κ3) is 2.00. The summed E-state index contributed by atoms with van der Waals surface area (Å²) >= 11 is 6.21. The van der Waals surface area contributed by atoms with Gasteiger partial charge in [-0.15, -0.1) is 0 Å². The molecule has 0 fully saturated rings. The Bertz CT molecular complexity index is 625. The number of imidazole rings is 1. The topological polar surface area (TPSA) is 62.3 Å². The molecule has 0 radical (unpaired) electrons. The summed E-state index contributed by atoms with van der Waals surface area (Å²) in [4.78, 5) is 4.33. The summed E-state index contributed by atoms with van der Waals surface area (Å²) in [6.45, 7) is 3.82. The highest BCUT2D eigenvalue weighted by atomic mass is 35.5. The molecule has 2 aromatic rings. The lowest BCUT2D eigenvalue weighted by molar-refractivity contribution is 0.172. The van der Waals surface area contributed by atoms with Crippen LogP contribution >= 0.6 is 11.6 Å². The summed E-state index contributed by atoms with van der Waals surface area (Å²) < 4.78 is 12.9. The molecule has 0 spiro atoms. The average Bonchev–Trinajstić information content (AvgIpc) is 2.80. The molecule has 0 aliphatic carbocycles. The molecule has 6 heteroatoms. The van der Waals surface area contributed by atoms with Crippen molar-refractivity contribution in [1.29, 1.82) is 0 Å². The van der Waals surface area contributed by atoms with Crippen molar-refractivity contribution in [2.24, 2.45) is 0 Å². The Labute approximate surface area is 115 Å². The SMILES string of the molecule is CCn1cnc(-c2cc(Cl)c3c(c2)OCCO3)c1N. The van der Waals surface area contributed by atoms with E-state index in [1.807, 2.05) is 17.6 Å². The summed E-state index contributed by atoms with van der Waals surface area (Å²) in [5, 5.41) is 0.512. The molecule has 0 atom stereocenters. The highest BCUT2D eigenvalue weighted by Crippen LogP contribution is 2.41. The van der Waals surface area contributed by atoms with Crippen molar-refractivity contribution in [3.8, 4) is 22.8 Å².